The van der Waals surface area contributed by atoms with E-state index in [1.807, 2.05) is 24.0 Å². The van der Waals surface area contributed by atoms with Gasteiger partial charge in [-0.2, -0.15) is 0 Å². The van der Waals surface area contributed by atoms with E-state index in [-0.39, 0.29) is 17.8 Å². The number of rotatable bonds is 8. The van der Waals surface area contributed by atoms with Crippen LogP contribution in [0.2, 0.25) is 0 Å². The van der Waals surface area contributed by atoms with E-state index in [1.165, 1.54) is 12.1 Å². The van der Waals surface area contributed by atoms with Gasteiger partial charge in [0.05, 0.1) is 21.3 Å². The Labute approximate surface area is 183 Å². The summed E-state index contributed by atoms with van der Waals surface area (Å²) in [6.45, 7) is 4.26. The molecule has 0 spiro atoms. The summed E-state index contributed by atoms with van der Waals surface area (Å²) >= 11 is 0. The third kappa shape index (κ3) is 5.10. The van der Waals surface area contributed by atoms with Crippen LogP contribution >= 0.6 is 0 Å². The zero-order valence-corrected chi connectivity index (χ0v) is 18.7. The fraction of sp³-hybridized carbons (Fsp3) is 0.458. The molecule has 0 aromatic heterocycles. The molecule has 1 aliphatic heterocycles. The largest absolute Gasteiger partial charge is 0.493 e. The Morgan fingerprint density at radius 1 is 1.00 bits per heavy atom. The molecule has 7 heteroatoms. The lowest BCUT2D eigenvalue weighted by atomic mass is 10.0. The number of likely N-dealkylation sites (tertiary alicyclic amines) is 1. The highest BCUT2D eigenvalue weighted by Crippen LogP contribution is 2.40. The first-order chi connectivity index (χ1) is 15.0. The lowest BCUT2D eigenvalue weighted by Crippen LogP contribution is -2.47. The monoisotopic (exact) mass is 430 g/mol. The first-order valence-electron chi connectivity index (χ1n) is 10.6. The Hall–Kier alpha value is -2.80. The van der Waals surface area contributed by atoms with Gasteiger partial charge in [0.1, 0.15) is 5.82 Å². The maximum Gasteiger partial charge on any atom is 0.226 e. The lowest BCUT2D eigenvalue weighted by molar-refractivity contribution is -0.119. The number of methoxy groups -OCH3 is 3. The standard InChI is InChI=1S/C24H31FN2O4/c1-5-22(28)27(19-9-7-18(25)8-10-19)20-12-14-26(15-13-20)16-17-6-11-21(29-2)24(31-4)23(17)30-3/h6-11,20H,5,12-16H2,1-4H3. The molecular weight excluding hydrogens is 399 g/mol. The van der Waals surface area contributed by atoms with E-state index >= 15 is 0 Å². The number of piperidine rings is 1. The molecule has 0 atom stereocenters. The lowest BCUT2D eigenvalue weighted by Gasteiger charge is -2.38. The first kappa shape index (κ1) is 22.9. The van der Waals surface area contributed by atoms with Crippen LogP contribution in [0.15, 0.2) is 36.4 Å². The summed E-state index contributed by atoms with van der Waals surface area (Å²) in [5.74, 6) is 1.67. The van der Waals surface area contributed by atoms with Crippen LogP contribution in [-0.2, 0) is 11.3 Å². The second-order valence-corrected chi connectivity index (χ2v) is 7.59. The van der Waals surface area contributed by atoms with Crippen LogP contribution in [0.1, 0.15) is 31.7 Å². The predicted octanol–water partition coefficient (Wildman–Crippen LogP) is 4.26. The van der Waals surface area contributed by atoms with Gasteiger partial charge in [0.15, 0.2) is 11.5 Å². The molecule has 3 rings (SSSR count). The topological polar surface area (TPSA) is 51.2 Å². The molecule has 0 radical (unpaired) electrons. The number of nitrogens with zero attached hydrogens (tertiary/aromatic N) is 2. The van der Waals surface area contributed by atoms with Crippen molar-refractivity contribution in [3.8, 4) is 17.2 Å². The van der Waals surface area contributed by atoms with Crippen LogP contribution in [0, 0.1) is 5.82 Å². The first-order valence-corrected chi connectivity index (χ1v) is 10.6. The summed E-state index contributed by atoms with van der Waals surface area (Å²) < 4.78 is 29.8. The van der Waals surface area contributed by atoms with Gasteiger partial charge in [0, 0.05) is 43.3 Å². The summed E-state index contributed by atoms with van der Waals surface area (Å²) in [6.07, 6.45) is 2.11. The number of hydrogen-bond donors (Lipinski definition) is 0. The zero-order chi connectivity index (χ0) is 22.4. The summed E-state index contributed by atoms with van der Waals surface area (Å²) in [5, 5.41) is 0. The van der Waals surface area contributed by atoms with Crippen molar-refractivity contribution in [3.05, 3.63) is 47.8 Å². The Bertz CT molecular complexity index is 880. The second kappa shape index (κ2) is 10.5. The van der Waals surface area contributed by atoms with E-state index in [1.54, 1.807) is 33.5 Å². The Balaban J connectivity index is 1.71. The molecule has 1 heterocycles. The number of anilines is 1. The molecule has 2 aromatic carbocycles. The summed E-state index contributed by atoms with van der Waals surface area (Å²) in [6, 6.07) is 10.2. The van der Waals surface area contributed by atoms with Crippen molar-refractivity contribution in [2.75, 3.05) is 39.3 Å². The van der Waals surface area contributed by atoms with Gasteiger partial charge in [-0.05, 0) is 43.2 Å². The van der Waals surface area contributed by atoms with E-state index < -0.39 is 0 Å². The highest BCUT2D eigenvalue weighted by molar-refractivity contribution is 5.93. The quantitative estimate of drug-likeness (QED) is 0.626. The maximum atomic E-state index is 13.4. The van der Waals surface area contributed by atoms with Crippen LogP contribution in [0.4, 0.5) is 10.1 Å². The van der Waals surface area contributed by atoms with Crippen molar-refractivity contribution < 1.29 is 23.4 Å². The third-order valence-corrected chi connectivity index (χ3v) is 5.78. The number of halogens is 1. The highest BCUT2D eigenvalue weighted by atomic mass is 19.1. The Kier molecular flexibility index (Phi) is 7.74. The van der Waals surface area contributed by atoms with Crippen molar-refractivity contribution >= 4 is 11.6 Å². The fourth-order valence-electron chi connectivity index (χ4n) is 4.19. The van der Waals surface area contributed by atoms with Crippen molar-refractivity contribution in [1.29, 1.82) is 0 Å². The Morgan fingerprint density at radius 3 is 2.19 bits per heavy atom. The van der Waals surface area contributed by atoms with Gasteiger partial charge in [0.25, 0.3) is 0 Å². The normalized spacial score (nSPS) is 14.9. The van der Waals surface area contributed by atoms with E-state index in [0.29, 0.717) is 30.2 Å². The molecule has 2 aromatic rings. The van der Waals surface area contributed by atoms with Crippen LogP contribution < -0.4 is 19.1 Å². The summed E-state index contributed by atoms with van der Waals surface area (Å²) in [5.41, 5.74) is 1.78. The van der Waals surface area contributed by atoms with Crippen molar-refractivity contribution in [2.45, 2.75) is 38.8 Å². The molecule has 1 fully saturated rings. The molecule has 168 valence electrons. The maximum absolute atomic E-state index is 13.4. The molecule has 31 heavy (non-hydrogen) atoms. The van der Waals surface area contributed by atoms with Gasteiger partial charge >= 0.3 is 0 Å². The molecule has 6 nitrogen and oxygen atoms in total. The number of hydrogen-bond acceptors (Lipinski definition) is 5. The van der Waals surface area contributed by atoms with Gasteiger partial charge in [-0.25, -0.2) is 4.39 Å². The van der Waals surface area contributed by atoms with E-state index in [4.69, 9.17) is 14.2 Å². The molecule has 1 aliphatic rings. The molecule has 0 N–H and O–H groups in total. The molecule has 1 amide bonds. The average molecular weight is 431 g/mol. The molecule has 0 unspecified atom stereocenters. The number of ether oxygens (including phenoxy) is 3. The van der Waals surface area contributed by atoms with Crippen LogP contribution in [0.5, 0.6) is 17.2 Å². The zero-order valence-electron chi connectivity index (χ0n) is 18.7. The van der Waals surface area contributed by atoms with E-state index in [0.717, 1.165) is 37.2 Å². The molecule has 0 aliphatic carbocycles. The summed E-state index contributed by atoms with van der Waals surface area (Å²) in [7, 11) is 4.83. The van der Waals surface area contributed by atoms with Gasteiger partial charge in [0.2, 0.25) is 11.7 Å². The number of carbonyl (C=O) groups excluding carboxylic acids is 1. The molecule has 0 bridgehead atoms. The van der Waals surface area contributed by atoms with E-state index in [9.17, 15) is 9.18 Å². The van der Waals surface area contributed by atoms with Crippen LogP contribution in [0.25, 0.3) is 0 Å². The van der Waals surface area contributed by atoms with Crippen molar-refractivity contribution in [3.63, 3.8) is 0 Å². The highest BCUT2D eigenvalue weighted by Gasteiger charge is 2.29. The van der Waals surface area contributed by atoms with Gasteiger partial charge in [-0.3, -0.25) is 9.69 Å². The minimum absolute atomic E-state index is 0.0617. The van der Waals surface area contributed by atoms with E-state index in [2.05, 4.69) is 4.90 Å². The average Bonchev–Trinajstić information content (AvgIpc) is 2.80. The second-order valence-electron chi connectivity index (χ2n) is 7.59. The van der Waals surface area contributed by atoms with Gasteiger partial charge in [-0.15, -0.1) is 0 Å². The predicted molar refractivity (Wildman–Crippen MR) is 119 cm³/mol. The number of amides is 1. The van der Waals surface area contributed by atoms with Crippen LogP contribution in [0.3, 0.4) is 0 Å². The minimum atomic E-state index is -0.300. The SMILES string of the molecule is CCC(=O)N(c1ccc(F)cc1)C1CCN(Cc2ccc(OC)c(OC)c2OC)CC1. The molecule has 1 saturated heterocycles. The Morgan fingerprint density at radius 2 is 1.65 bits per heavy atom. The van der Waals surface area contributed by atoms with Gasteiger partial charge in [-0.1, -0.05) is 13.0 Å². The van der Waals surface area contributed by atoms with Gasteiger partial charge < -0.3 is 19.1 Å². The smallest absolute Gasteiger partial charge is 0.226 e. The molecular formula is C24H31FN2O4. The summed E-state index contributed by atoms with van der Waals surface area (Å²) in [4.78, 5) is 16.8. The minimum Gasteiger partial charge on any atom is -0.493 e. The van der Waals surface area contributed by atoms with Crippen molar-refractivity contribution in [1.82, 2.24) is 4.90 Å². The van der Waals surface area contributed by atoms with Crippen LogP contribution in [-0.4, -0.2) is 51.3 Å². The number of carbonyl (C=O) groups is 1. The van der Waals surface area contributed by atoms with Crippen molar-refractivity contribution in [2.24, 2.45) is 0 Å². The number of benzene rings is 2. The third-order valence-electron chi connectivity index (χ3n) is 5.78. The fourth-order valence-corrected chi connectivity index (χ4v) is 4.19. The molecule has 0 saturated carbocycles.